The highest BCUT2D eigenvalue weighted by Crippen LogP contribution is 2.30. The Morgan fingerprint density at radius 2 is 2.19 bits per heavy atom. The molecule has 16 heavy (non-hydrogen) atoms. The van der Waals surface area contributed by atoms with Gasteiger partial charge in [-0.05, 0) is 18.3 Å². The van der Waals surface area contributed by atoms with Crippen LogP contribution in [-0.2, 0) is 0 Å². The van der Waals surface area contributed by atoms with Crippen molar-refractivity contribution in [2.24, 2.45) is 5.41 Å². The lowest BCUT2D eigenvalue weighted by Gasteiger charge is -2.38. The Morgan fingerprint density at radius 3 is 2.88 bits per heavy atom. The monoisotopic (exact) mass is 220 g/mol. The number of hydrogen-bond donors (Lipinski definition) is 1. The number of aromatic nitrogens is 2. The van der Waals surface area contributed by atoms with E-state index in [1.54, 1.807) is 6.33 Å². The topological polar surface area (TPSA) is 41.0 Å². The molecule has 1 aromatic heterocycles. The second-order valence-electron chi connectivity index (χ2n) is 5.20. The van der Waals surface area contributed by atoms with E-state index in [9.17, 15) is 0 Å². The average molecular weight is 220 g/mol. The Balaban J connectivity index is 2.16. The van der Waals surface area contributed by atoms with Gasteiger partial charge in [-0.3, -0.25) is 0 Å². The fourth-order valence-corrected chi connectivity index (χ4v) is 2.28. The molecule has 0 aliphatic carbocycles. The van der Waals surface area contributed by atoms with Gasteiger partial charge in [0.1, 0.15) is 18.0 Å². The number of piperidine rings is 1. The Bertz CT molecular complexity index is 362. The van der Waals surface area contributed by atoms with Gasteiger partial charge in [-0.25, -0.2) is 9.97 Å². The molecular formula is C12H20N4. The first-order chi connectivity index (χ1) is 7.61. The van der Waals surface area contributed by atoms with E-state index < -0.39 is 0 Å². The van der Waals surface area contributed by atoms with Crippen LogP contribution in [0.25, 0.3) is 0 Å². The Hall–Kier alpha value is -1.32. The van der Waals surface area contributed by atoms with E-state index >= 15 is 0 Å². The summed E-state index contributed by atoms with van der Waals surface area (Å²) in [4.78, 5) is 10.8. The third-order valence-corrected chi connectivity index (χ3v) is 3.13. The molecule has 1 fully saturated rings. The lowest BCUT2D eigenvalue weighted by Crippen LogP contribution is -2.40. The van der Waals surface area contributed by atoms with Crippen molar-refractivity contribution in [2.45, 2.75) is 26.7 Å². The van der Waals surface area contributed by atoms with Crippen LogP contribution in [0.3, 0.4) is 0 Å². The fraction of sp³-hybridized carbons (Fsp3) is 0.667. The molecule has 1 N–H and O–H groups in total. The summed E-state index contributed by atoms with van der Waals surface area (Å²) < 4.78 is 0. The number of anilines is 2. The molecule has 1 aliphatic rings. The second-order valence-corrected chi connectivity index (χ2v) is 5.20. The van der Waals surface area contributed by atoms with Gasteiger partial charge in [0.25, 0.3) is 0 Å². The van der Waals surface area contributed by atoms with Crippen LogP contribution in [-0.4, -0.2) is 30.1 Å². The second kappa shape index (κ2) is 4.28. The molecule has 0 saturated carbocycles. The maximum absolute atomic E-state index is 4.35. The predicted molar refractivity (Wildman–Crippen MR) is 66.8 cm³/mol. The smallest absolute Gasteiger partial charge is 0.134 e. The zero-order valence-corrected chi connectivity index (χ0v) is 10.3. The first-order valence-electron chi connectivity index (χ1n) is 5.85. The van der Waals surface area contributed by atoms with Gasteiger partial charge in [-0.15, -0.1) is 0 Å². The van der Waals surface area contributed by atoms with Gasteiger partial charge < -0.3 is 10.2 Å². The quantitative estimate of drug-likeness (QED) is 0.829. The van der Waals surface area contributed by atoms with Gasteiger partial charge in [0, 0.05) is 26.2 Å². The summed E-state index contributed by atoms with van der Waals surface area (Å²) >= 11 is 0. The Kier molecular flexibility index (Phi) is 2.99. The van der Waals surface area contributed by atoms with E-state index in [1.165, 1.54) is 12.8 Å². The fourth-order valence-electron chi connectivity index (χ4n) is 2.28. The van der Waals surface area contributed by atoms with Crippen LogP contribution < -0.4 is 10.2 Å². The van der Waals surface area contributed by atoms with E-state index in [4.69, 9.17) is 0 Å². The van der Waals surface area contributed by atoms with Crippen LogP contribution in [0.2, 0.25) is 0 Å². The first-order valence-corrected chi connectivity index (χ1v) is 5.85. The molecule has 0 atom stereocenters. The lowest BCUT2D eigenvalue weighted by molar-refractivity contribution is 0.292. The Morgan fingerprint density at radius 1 is 1.38 bits per heavy atom. The van der Waals surface area contributed by atoms with Crippen LogP contribution >= 0.6 is 0 Å². The third-order valence-electron chi connectivity index (χ3n) is 3.13. The van der Waals surface area contributed by atoms with Crippen LogP contribution in [0, 0.1) is 5.41 Å². The summed E-state index contributed by atoms with van der Waals surface area (Å²) in [5.74, 6) is 1.92. The average Bonchev–Trinajstić information content (AvgIpc) is 2.28. The van der Waals surface area contributed by atoms with E-state index in [1.807, 2.05) is 13.1 Å². The van der Waals surface area contributed by atoms with E-state index in [0.29, 0.717) is 5.41 Å². The first kappa shape index (κ1) is 11.2. The third kappa shape index (κ3) is 2.43. The van der Waals surface area contributed by atoms with Crippen molar-refractivity contribution >= 4 is 11.6 Å². The number of rotatable bonds is 2. The van der Waals surface area contributed by atoms with Gasteiger partial charge in [0.15, 0.2) is 0 Å². The molecule has 4 heteroatoms. The minimum Gasteiger partial charge on any atom is -0.373 e. The van der Waals surface area contributed by atoms with Crippen LogP contribution in [0.4, 0.5) is 11.6 Å². The number of nitrogens with one attached hydrogen (secondary N) is 1. The molecule has 4 nitrogen and oxygen atoms in total. The zero-order chi connectivity index (χ0) is 11.6. The van der Waals surface area contributed by atoms with E-state index in [2.05, 4.69) is 34.0 Å². The van der Waals surface area contributed by atoms with Crippen LogP contribution in [0.1, 0.15) is 26.7 Å². The molecular weight excluding hydrogens is 200 g/mol. The summed E-state index contributed by atoms with van der Waals surface area (Å²) in [7, 11) is 1.88. The number of nitrogens with zero attached hydrogens (tertiary/aromatic N) is 3. The molecule has 0 bridgehead atoms. The zero-order valence-electron chi connectivity index (χ0n) is 10.3. The summed E-state index contributed by atoms with van der Waals surface area (Å²) in [5, 5.41) is 3.05. The van der Waals surface area contributed by atoms with Crippen molar-refractivity contribution in [3.8, 4) is 0 Å². The molecule has 1 aromatic rings. The van der Waals surface area contributed by atoms with Crippen LogP contribution in [0.5, 0.6) is 0 Å². The van der Waals surface area contributed by atoms with Gasteiger partial charge in [-0.1, -0.05) is 13.8 Å². The van der Waals surface area contributed by atoms with Crippen molar-refractivity contribution in [3.05, 3.63) is 12.4 Å². The van der Waals surface area contributed by atoms with Crippen molar-refractivity contribution in [2.75, 3.05) is 30.4 Å². The van der Waals surface area contributed by atoms with Gasteiger partial charge >= 0.3 is 0 Å². The summed E-state index contributed by atoms with van der Waals surface area (Å²) in [5.41, 5.74) is 0.392. The summed E-state index contributed by atoms with van der Waals surface area (Å²) in [6.45, 7) is 6.81. The maximum Gasteiger partial charge on any atom is 0.134 e. The van der Waals surface area contributed by atoms with Gasteiger partial charge in [-0.2, -0.15) is 0 Å². The molecule has 0 radical (unpaired) electrons. The minimum atomic E-state index is 0.392. The molecule has 0 spiro atoms. The molecule has 0 amide bonds. The summed E-state index contributed by atoms with van der Waals surface area (Å²) in [6, 6.07) is 2.02. The Labute approximate surface area is 97.1 Å². The van der Waals surface area contributed by atoms with E-state index in [0.717, 1.165) is 24.7 Å². The van der Waals surface area contributed by atoms with Crippen molar-refractivity contribution in [1.29, 1.82) is 0 Å². The van der Waals surface area contributed by atoms with Crippen molar-refractivity contribution in [1.82, 2.24) is 9.97 Å². The van der Waals surface area contributed by atoms with Gasteiger partial charge in [0.05, 0.1) is 0 Å². The summed E-state index contributed by atoms with van der Waals surface area (Å²) in [6.07, 6.45) is 4.17. The molecule has 88 valence electrons. The van der Waals surface area contributed by atoms with Crippen molar-refractivity contribution in [3.63, 3.8) is 0 Å². The molecule has 2 rings (SSSR count). The largest absolute Gasteiger partial charge is 0.373 e. The SMILES string of the molecule is CNc1cc(N2CCCC(C)(C)C2)ncn1. The normalized spacial score (nSPS) is 19.6. The highest BCUT2D eigenvalue weighted by Gasteiger charge is 2.27. The lowest BCUT2D eigenvalue weighted by atomic mass is 9.84. The standard InChI is InChI=1S/C12H20N4/c1-12(2)5-4-6-16(8-12)11-7-10(13-3)14-9-15-11/h7,9H,4-6,8H2,1-3H3,(H,13,14,15). The van der Waals surface area contributed by atoms with Gasteiger partial charge in [0.2, 0.25) is 0 Å². The number of hydrogen-bond acceptors (Lipinski definition) is 4. The molecule has 1 aliphatic heterocycles. The molecule has 0 unspecified atom stereocenters. The molecule has 0 aromatic carbocycles. The molecule has 2 heterocycles. The predicted octanol–water partition coefficient (Wildman–Crippen LogP) is 2.14. The van der Waals surface area contributed by atoms with Crippen molar-refractivity contribution < 1.29 is 0 Å². The maximum atomic E-state index is 4.35. The van der Waals surface area contributed by atoms with E-state index in [-0.39, 0.29) is 0 Å². The molecule has 1 saturated heterocycles. The minimum absolute atomic E-state index is 0.392. The highest BCUT2D eigenvalue weighted by atomic mass is 15.2. The highest BCUT2D eigenvalue weighted by molar-refractivity contribution is 5.48. The van der Waals surface area contributed by atoms with Crippen LogP contribution in [0.15, 0.2) is 12.4 Å².